The summed E-state index contributed by atoms with van der Waals surface area (Å²) < 4.78 is 2.07. The van der Waals surface area contributed by atoms with Crippen molar-refractivity contribution in [2.24, 2.45) is 0 Å². The molecule has 18 heavy (non-hydrogen) atoms. The summed E-state index contributed by atoms with van der Waals surface area (Å²) in [5, 5.41) is 19.2. The molecule has 2 rings (SSSR count). The Bertz CT molecular complexity index is 705. The molecule has 0 saturated heterocycles. The van der Waals surface area contributed by atoms with E-state index in [0.717, 1.165) is 4.47 Å². The van der Waals surface area contributed by atoms with Crippen molar-refractivity contribution in [3.8, 4) is 5.75 Å². The molecular weight excluding hydrogens is 302 g/mol. The summed E-state index contributed by atoms with van der Waals surface area (Å²) in [5.74, 6) is -1.91. The lowest BCUT2D eigenvalue weighted by molar-refractivity contribution is 0.0691. The number of hydrogen-bond donors (Lipinski definition) is 2. The number of fused-ring (bicyclic) bond motifs is 1. The number of carboxylic acid groups (broad SMARTS) is 1. The second-order valence-electron chi connectivity index (χ2n) is 3.74. The largest absolute Gasteiger partial charge is 0.506 e. The van der Waals surface area contributed by atoms with E-state index in [1.54, 1.807) is 25.1 Å². The van der Waals surface area contributed by atoms with E-state index in [2.05, 4.69) is 15.9 Å². The highest BCUT2D eigenvalue weighted by molar-refractivity contribution is 9.10. The number of rotatable bonds is 2. The zero-order chi connectivity index (χ0) is 13.4. The van der Waals surface area contributed by atoms with Gasteiger partial charge in [0.1, 0.15) is 5.75 Å². The van der Waals surface area contributed by atoms with Crippen LogP contribution < -0.4 is 5.56 Å². The molecule has 0 aliphatic carbocycles. The third-order valence-electron chi connectivity index (χ3n) is 2.73. The van der Waals surface area contributed by atoms with Gasteiger partial charge in [-0.25, -0.2) is 4.79 Å². The van der Waals surface area contributed by atoms with Crippen LogP contribution in [-0.4, -0.2) is 20.7 Å². The fraction of sp³-hybridized carbons (Fsp3) is 0.167. The Morgan fingerprint density at radius 1 is 1.44 bits per heavy atom. The molecule has 0 bridgehead atoms. The summed E-state index contributed by atoms with van der Waals surface area (Å²) in [6.45, 7) is 2.07. The number of aromatic carboxylic acids is 1. The quantitative estimate of drug-likeness (QED) is 0.891. The molecule has 0 atom stereocenters. The van der Waals surface area contributed by atoms with Crippen LogP contribution in [0.1, 0.15) is 17.3 Å². The highest BCUT2D eigenvalue weighted by Crippen LogP contribution is 2.28. The third kappa shape index (κ3) is 1.78. The molecule has 0 unspecified atom stereocenters. The highest BCUT2D eigenvalue weighted by atomic mass is 79.9. The lowest BCUT2D eigenvalue weighted by Crippen LogP contribution is -2.26. The first-order valence-electron chi connectivity index (χ1n) is 5.25. The average Bonchev–Trinajstić information content (AvgIpc) is 2.28. The van der Waals surface area contributed by atoms with Gasteiger partial charge in [0, 0.05) is 16.4 Å². The zero-order valence-corrected chi connectivity index (χ0v) is 11.1. The molecule has 1 heterocycles. The van der Waals surface area contributed by atoms with Gasteiger partial charge < -0.3 is 14.8 Å². The van der Waals surface area contributed by atoms with Gasteiger partial charge in [0.05, 0.1) is 5.52 Å². The van der Waals surface area contributed by atoms with Gasteiger partial charge in [0.25, 0.3) is 5.56 Å². The van der Waals surface area contributed by atoms with Crippen molar-refractivity contribution in [3.05, 3.63) is 38.6 Å². The minimum Gasteiger partial charge on any atom is -0.506 e. The Kier molecular flexibility index (Phi) is 3.13. The molecule has 0 amide bonds. The van der Waals surface area contributed by atoms with Gasteiger partial charge in [-0.15, -0.1) is 0 Å². The van der Waals surface area contributed by atoms with Crippen LogP contribution in [0.3, 0.4) is 0 Å². The molecule has 1 aromatic heterocycles. The van der Waals surface area contributed by atoms with Gasteiger partial charge in [-0.3, -0.25) is 4.79 Å². The van der Waals surface area contributed by atoms with Crippen LogP contribution in [0.15, 0.2) is 27.5 Å². The Hall–Kier alpha value is -1.82. The fourth-order valence-electron chi connectivity index (χ4n) is 1.92. The van der Waals surface area contributed by atoms with Gasteiger partial charge >= 0.3 is 5.97 Å². The summed E-state index contributed by atoms with van der Waals surface area (Å²) in [6.07, 6.45) is 0. The standard InChI is InChI=1S/C12H10BrNO4/c1-2-14-8-5-6(13)3-4-7(8)10(15)9(11(14)16)12(17)18/h3-5,15H,2H2,1H3,(H,17,18). The number of aryl methyl sites for hydroxylation is 1. The van der Waals surface area contributed by atoms with Crippen molar-refractivity contribution < 1.29 is 15.0 Å². The Morgan fingerprint density at radius 2 is 2.11 bits per heavy atom. The maximum atomic E-state index is 12.0. The predicted molar refractivity (Wildman–Crippen MR) is 70.2 cm³/mol. The SMILES string of the molecule is CCn1c(=O)c(C(=O)O)c(O)c2ccc(Br)cc21. The van der Waals surface area contributed by atoms with E-state index < -0.39 is 22.8 Å². The Morgan fingerprint density at radius 3 is 2.67 bits per heavy atom. The first-order valence-corrected chi connectivity index (χ1v) is 6.05. The predicted octanol–water partition coefficient (Wildman–Crippen LogP) is 2.19. The molecule has 6 heteroatoms. The zero-order valence-electron chi connectivity index (χ0n) is 9.48. The number of pyridine rings is 1. The number of hydrogen-bond acceptors (Lipinski definition) is 3. The number of benzene rings is 1. The molecule has 2 aromatic rings. The van der Waals surface area contributed by atoms with Crippen LogP contribution in [0.4, 0.5) is 0 Å². The minimum absolute atomic E-state index is 0.326. The molecule has 2 N–H and O–H groups in total. The van der Waals surface area contributed by atoms with E-state index >= 15 is 0 Å². The molecule has 0 radical (unpaired) electrons. The van der Waals surface area contributed by atoms with E-state index in [-0.39, 0.29) is 0 Å². The number of carbonyl (C=O) groups is 1. The van der Waals surface area contributed by atoms with Crippen LogP contribution in [-0.2, 0) is 6.54 Å². The summed E-state index contributed by atoms with van der Waals surface area (Å²) >= 11 is 3.28. The maximum Gasteiger partial charge on any atom is 0.345 e. The monoisotopic (exact) mass is 311 g/mol. The fourth-order valence-corrected chi connectivity index (χ4v) is 2.26. The molecule has 0 fully saturated rings. The third-order valence-corrected chi connectivity index (χ3v) is 3.22. The molecular formula is C12H10BrNO4. The van der Waals surface area contributed by atoms with Crippen LogP contribution in [0.5, 0.6) is 5.75 Å². The van der Waals surface area contributed by atoms with Gasteiger partial charge in [-0.2, -0.15) is 0 Å². The smallest absolute Gasteiger partial charge is 0.345 e. The lowest BCUT2D eigenvalue weighted by Gasteiger charge is -2.11. The first kappa shape index (κ1) is 12.6. The maximum absolute atomic E-state index is 12.0. The van der Waals surface area contributed by atoms with E-state index in [9.17, 15) is 14.7 Å². The summed E-state index contributed by atoms with van der Waals surface area (Å²) in [5.41, 5.74) is -0.792. The van der Waals surface area contributed by atoms with Crippen LogP contribution in [0.25, 0.3) is 10.9 Å². The van der Waals surface area contributed by atoms with Gasteiger partial charge in [-0.1, -0.05) is 15.9 Å². The highest BCUT2D eigenvalue weighted by Gasteiger charge is 2.20. The van der Waals surface area contributed by atoms with Crippen molar-refractivity contribution in [3.63, 3.8) is 0 Å². The Balaban J connectivity index is 3.05. The van der Waals surface area contributed by atoms with Crippen LogP contribution in [0.2, 0.25) is 0 Å². The van der Waals surface area contributed by atoms with Crippen LogP contribution >= 0.6 is 15.9 Å². The van der Waals surface area contributed by atoms with E-state index in [1.807, 2.05) is 0 Å². The molecule has 0 aliphatic heterocycles. The summed E-state index contributed by atoms with van der Waals surface area (Å²) in [7, 11) is 0. The number of halogens is 1. The van der Waals surface area contributed by atoms with Gasteiger partial charge in [0.15, 0.2) is 5.56 Å². The topological polar surface area (TPSA) is 79.5 Å². The number of nitrogens with zero attached hydrogens (tertiary/aromatic N) is 1. The Labute approximate surface area is 110 Å². The van der Waals surface area contributed by atoms with Crippen molar-refractivity contribution in [2.75, 3.05) is 0 Å². The molecule has 5 nitrogen and oxygen atoms in total. The van der Waals surface area contributed by atoms with Crippen molar-refractivity contribution in [1.82, 2.24) is 4.57 Å². The molecule has 0 saturated carbocycles. The normalized spacial score (nSPS) is 10.8. The lowest BCUT2D eigenvalue weighted by atomic mass is 10.1. The summed E-state index contributed by atoms with van der Waals surface area (Å²) in [4.78, 5) is 23.0. The molecule has 94 valence electrons. The minimum atomic E-state index is -1.43. The first-order chi connectivity index (χ1) is 8.47. The second-order valence-corrected chi connectivity index (χ2v) is 4.66. The van der Waals surface area contributed by atoms with E-state index in [1.165, 1.54) is 4.57 Å². The van der Waals surface area contributed by atoms with E-state index in [4.69, 9.17) is 5.11 Å². The molecule has 0 spiro atoms. The van der Waals surface area contributed by atoms with E-state index in [0.29, 0.717) is 17.4 Å². The van der Waals surface area contributed by atoms with Gasteiger partial charge in [-0.05, 0) is 25.1 Å². The molecule has 1 aromatic carbocycles. The molecule has 0 aliphatic rings. The van der Waals surface area contributed by atoms with Crippen molar-refractivity contribution in [2.45, 2.75) is 13.5 Å². The summed E-state index contributed by atoms with van der Waals surface area (Å²) in [6, 6.07) is 4.93. The van der Waals surface area contributed by atoms with Crippen LogP contribution in [0, 0.1) is 0 Å². The van der Waals surface area contributed by atoms with Crippen molar-refractivity contribution in [1.29, 1.82) is 0 Å². The number of aromatic nitrogens is 1. The number of carboxylic acids is 1. The number of aromatic hydroxyl groups is 1. The van der Waals surface area contributed by atoms with Crippen molar-refractivity contribution >= 4 is 32.8 Å². The average molecular weight is 312 g/mol. The van der Waals surface area contributed by atoms with Gasteiger partial charge in [0.2, 0.25) is 0 Å². The second kappa shape index (κ2) is 4.45.